The molecule has 2 atom stereocenters. The van der Waals surface area contributed by atoms with E-state index < -0.39 is 11.9 Å². The highest BCUT2D eigenvalue weighted by Crippen LogP contribution is 2.07. The maximum absolute atomic E-state index is 11.6. The maximum atomic E-state index is 11.6. The van der Waals surface area contributed by atoms with Gasteiger partial charge in [0, 0.05) is 20.0 Å². The third-order valence-electron chi connectivity index (χ3n) is 2.28. The van der Waals surface area contributed by atoms with Crippen molar-refractivity contribution in [2.24, 2.45) is 11.8 Å². The lowest BCUT2D eigenvalue weighted by molar-refractivity contribution is -0.148. The van der Waals surface area contributed by atoms with Gasteiger partial charge in [-0.05, 0) is 6.92 Å². The molecule has 0 saturated heterocycles. The average Bonchev–Trinajstić information content (AvgIpc) is 2.27. The van der Waals surface area contributed by atoms with Gasteiger partial charge in [-0.3, -0.25) is 9.59 Å². The number of hydrogen-bond acceptors (Lipinski definition) is 4. The summed E-state index contributed by atoms with van der Waals surface area (Å²) >= 11 is 0. The molecule has 0 radical (unpaired) electrons. The molecule has 5 heteroatoms. The molecular formula is C11H18N2O3. The Bertz CT molecular complexity index is 296. The van der Waals surface area contributed by atoms with Gasteiger partial charge in [-0.1, -0.05) is 6.92 Å². The number of ether oxygens (including phenoxy) is 1. The molecule has 0 N–H and O–H groups in total. The number of carbonyl (C=O) groups excluding carboxylic acids is 2. The smallest absolute Gasteiger partial charge is 0.308 e. The van der Waals surface area contributed by atoms with E-state index in [-0.39, 0.29) is 18.2 Å². The van der Waals surface area contributed by atoms with Gasteiger partial charge in [0.15, 0.2) is 0 Å². The van der Waals surface area contributed by atoms with Crippen LogP contribution >= 0.6 is 0 Å². The van der Waals surface area contributed by atoms with Crippen LogP contribution in [0.15, 0.2) is 0 Å². The topological polar surface area (TPSA) is 70.4 Å². The summed E-state index contributed by atoms with van der Waals surface area (Å²) in [6.45, 7) is 3.77. The fraction of sp³-hybridized carbons (Fsp3) is 0.727. The largest absolute Gasteiger partial charge is 0.469 e. The number of carbonyl (C=O) groups is 2. The number of esters is 1. The molecule has 0 aromatic heterocycles. The Kier molecular flexibility index (Phi) is 6.16. The molecule has 0 spiro atoms. The lowest BCUT2D eigenvalue weighted by Gasteiger charge is -2.19. The molecule has 1 amide bonds. The van der Waals surface area contributed by atoms with Gasteiger partial charge in [0.25, 0.3) is 0 Å². The van der Waals surface area contributed by atoms with Crippen molar-refractivity contribution < 1.29 is 14.3 Å². The molecule has 0 heterocycles. The molecule has 5 nitrogen and oxygen atoms in total. The van der Waals surface area contributed by atoms with Crippen LogP contribution < -0.4 is 0 Å². The number of methoxy groups -OCH3 is 1. The Morgan fingerprint density at radius 2 is 2.00 bits per heavy atom. The highest BCUT2D eigenvalue weighted by Gasteiger charge is 2.20. The lowest BCUT2D eigenvalue weighted by atomic mass is 10.1. The second kappa shape index (κ2) is 6.83. The minimum absolute atomic E-state index is 0.112. The number of rotatable bonds is 5. The Morgan fingerprint density at radius 1 is 1.44 bits per heavy atom. The average molecular weight is 226 g/mol. The molecule has 0 aromatic rings. The van der Waals surface area contributed by atoms with E-state index in [1.165, 1.54) is 12.0 Å². The van der Waals surface area contributed by atoms with E-state index in [9.17, 15) is 9.59 Å². The minimum atomic E-state index is -0.447. The molecule has 16 heavy (non-hydrogen) atoms. The molecule has 90 valence electrons. The van der Waals surface area contributed by atoms with E-state index in [0.717, 1.165) is 0 Å². The van der Waals surface area contributed by atoms with Crippen LogP contribution in [0.3, 0.4) is 0 Å². The highest BCUT2D eigenvalue weighted by atomic mass is 16.5. The zero-order valence-electron chi connectivity index (χ0n) is 10.2. The fourth-order valence-corrected chi connectivity index (χ4v) is 1.26. The Hall–Kier alpha value is -1.57. The SMILES string of the molecule is COC(=O)[C@@H](C)CC(=O)N(C)C[C@@H](C)C#N. The predicted molar refractivity (Wildman–Crippen MR) is 58.2 cm³/mol. The molecule has 0 saturated carbocycles. The van der Waals surface area contributed by atoms with Crippen LogP contribution in [0.1, 0.15) is 20.3 Å². The summed E-state index contributed by atoms with van der Waals surface area (Å²) < 4.78 is 4.53. The summed E-state index contributed by atoms with van der Waals surface area (Å²) in [6, 6.07) is 2.05. The van der Waals surface area contributed by atoms with E-state index in [4.69, 9.17) is 5.26 Å². The van der Waals surface area contributed by atoms with Gasteiger partial charge in [-0.2, -0.15) is 5.26 Å². The molecule has 0 unspecified atom stereocenters. The van der Waals surface area contributed by atoms with Crippen molar-refractivity contribution in [2.45, 2.75) is 20.3 Å². The van der Waals surface area contributed by atoms with E-state index in [2.05, 4.69) is 10.8 Å². The van der Waals surface area contributed by atoms with Crippen molar-refractivity contribution in [2.75, 3.05) is 20.7 Å². The zero-order valence-corrected chi connectivity index (χ0v) is 10.2. The van der Waals surface area contributed by atoms with Crippen LogP contribution in [0, 0.1) is 23.2 Å². The third-order valence-corrected chi connectivity index (χ3v) is 2.28. The highest BCUT2D eigenvalue weighted by molar-refractivity contribution is 5.82. The van der Waals surface area contributed by atoms with Crippen LogP contribution in [0.4, 0.5) is 0 Å². The van der Waals surface area contributed by atoms with Crippen molar-refractivity contribution in [3.05, 3.63) is 0 Å². The Balaban J connectivity index is 4.16. The van der Waals surface area contributed by atoms with Gasteiger partial charge in [0.1, 0.15) is 0 Å². The second-order valence-corrected chi connectivity index (χ2v) is 3.93. The van der Waals surface area contributed by atoms with E-state index in [1.807, 2.05) is 0 Å². The van der Waals surface area contributed by atoms with Crippen LogP contribution in [-0.2, 0) is 14.3 Å². The first-order chi connectivity index (χ1) is 7.42. The predicted octanol–water partition coefficient (Wildman–Crippen LogP) is 0.804. The lowest BCUT2D eigenvalue weighted by Crippen LogP contribution is -2.33. The molecular weight excluding hydrogens is 208 g/mol. The van der Waals surface area contributed by atoms with Gasteiger partial charge in [0.05, 0.1) is 25.0 Å². The maximum Gasteiger partial charge on any atom is 0.308 e. The van der Waals surface area contributed by atoms with Gasteiger partial charge >= 0.3 is 5.97 Å². The summed E-state index contributed by atoms with van der Waals surface area (Å²) in [5.41, 5.74) is 0. The molecule has 0 aliphatic rings. The normalized spacial score (nSPS) is 13.4. The fourth-order valence-electron chi connectivity index (χ4n) is 1.26. The summed E-state index contributed by atoms with van der Waals surface area (Å²) in [5.74, 6) is -1.20. The summed E-state index contributed by atoms with van der Waals surface area (Å²) in [6.07, 6.45) is 0.112. The van der Waals surface area contributed by atoms with Crippen LogP contribution in [0.5, 0.6) is 0 Å². The van der Waals surface area contributed by atoms with Crippen LogP contribution in [0.25, 0.3) is 0 Å². The van der Waals surface area contributed by atoms with Crippen molar-refractivity contribution in [3.63, 3.8) is 0 Å². The summed E-state index contributed by atoms with van der Waals surface area (Å²) in [5, 5.41) is 8.61. The monoisotopic (exact) mass is 226 g/mol. The first-order valence-electron chi connectivity index (χ1n) is 5.13. The number of nitrogens with zero attached hydrogens (tertiary/aromatic N) is 2. The van der Waals surface area contributed by atoms with E-state index in [0.29, 0.717) is 6.54 Å². The molecule has 0 bridgehead atoms. The van der Waals surface area contributed by atoms with Crippen molar-refractivity contribution in [1.29, 1.82) is 5.26 Å². The standard InChI is InChI=1S/C11H18N2O3/c1-8(6-12)7-13(3)10(14)5-9(2)11(15)16-4/h8-9H,5,7H2,1-4H3/t8-,9-/m0/s1. The summed E-state index contributed by atoms with van der Waals surface area (Å²) in [4.78, 5) is 24.2. The van der Waals surface area contributed by atoms with Crippen molar-refractivity contribution in [1.82, 2.24) is 4.90 Å². The summed E-state index contributed by atoms with van der Waals surface area (Å²) in [7, 11) is 2.92. The van der Waals surface area contributed by atoms with E-state index in [1.54, 1.807) is 20.9 Å². The van der Waals surface area contributed by atoms with Gasteiger partial charge in [0.2, 0.25) is 5.91 Å². The van der Waals surface area contributed by atoms with Crippen molar-refractivity contribution >= 4 is 11.9 Å². The first kappa shape index (κ1) is 14.4. The third kappa shape index (κ3) is 4.78. The number of amides is 1. The van der Waals surface area contributed by atoms with Gasteiger partial charge in [-0.15, -0.1) is 0 Å². The minimum Gasteiger partial charge on any atom is -0.469 e. The number of nitriles is 1. The molecule has 0 aromatic carbocycles. The Morgan fingerprint density at radius 3 is 2.44 bits per heavy atom. The first-order valence-corrected chi connectivity index (χ1v) is 5.13. The quantitative estimate of drug-likeness (QED) is 0.650. The van der Waals surface area contributed by atoms with Crippen LogP contribution in [-0.4, -0.2) is 37.5 Å². The van der Waals surface area contributed by atoms with Crippen LogP contribution in [0.2, 0.25) is 0 Å². The van der Waals surface area contributed by atoms with Crippen molar-refractivity contribution in [3.8, 4) is 6.07 Å². The van der Waals surface area contributed by atoms with Gasteiger partial charge in [-0.25, -0.2) is 0 Å². The van der Waals surface area contributed by atoms with E-state index >= 15 is 0 Å². The Labute approximate surface area is 96.0 Å². The second-order valence-electron chi connectivity index (χ2n) is 3.93. The number of hydrogen-bond donors (Lipinski definition) is 0. The van der Waals surface area contributed by atoms with Gasteiger partial charge < -0.3 is 9.64 Å². The molecule has 0 aliphatic carbocycles. The molecule has 0 aliphatic heterocycles. The molecule has 0 rings (SSSR count). The molecule has 0 fully saturated rings. The zero-order chi connectivity index (χ0) is 12.7.